The second-order valence-corrected chi connectivity index (χ2v) is 7.73. The van der Waals surface area contributed by atoms with Crippen molar-refractivity contribution < 1.29 is 13.7 Å². The number of halogens is 1. The summed E-state index contributed by atoms with van der Waals surface area (Å²) in [4.78, 5) is 15.9. The molecule has 3 aromatic heterocycles. The number of hydrogen-bond acceptors (Lipinski definition) is 7. The number of nitrogens with zero attached hydrogens (tertiary/aromatic N) is 3. The molecule has 8 nitrogen and oxygen atoms in total. The predicted octanol–water partition coefficient (Wildman–Crippen LogP) is 1.98. The Morgan fingerprint density at radius 2 is 2.26 bits per heavy atom. The van der Waals surface area contributed by atoms with Gasteiger partial charge in [-0.15, -0.1) is 0 Å². The first-order chi connectivity index (χ1) is 13.2. The Labute approximate surface area is 163 Å². The summed E-state index contributed by atoms with van der Waals surface area (Å²) < 4.78 is 23.6. The lowest BCUT2D eigenvalue weighted by Crippen LogP contribution is -2.33. The standard InChI is InChI=1S/C17H18ClN5O3S/c1-25-14-3-2-11-16(22-14)23-17(21-11)27(24)9-12-15(18)10(4-5-20-12)13-8-19-6-7-26-13/h2-5,13,19H,6-9H2,1H3,(H,21,22,23). The molecule has 0 radical (unpaired) electrons. The van der Waals surface area contributed by atoms with Gasteiger partial charge in [-0.05, 0) is 12.1 Å². The van der Waals surface area contributed by atoms with Gasteiger partial charge >= 0.3 is 0 Å². The second-order valence-electron chi connectivity index (χ2n) is 5.98. The highest BCUT2D eigenvalue weighted by atomic mass is 35.5. The Morgan fingerprint density at radius 3 is 3.04 bits per heavy atom. The Balaban J connectivity index is 1.57. The van der Waals surface area contributed by atoms with Crippen molar-refractivity contribution in [3.8, 4) is 5.88 Å². The fraction of sp³-hybridized carbons (Fsp3) is 0.353. The molecule has 1 saturated heterocycles. The number of rotatable bonds is 5. The molecule has 0 amide bonds. The van der Waals surface area contributed by atoms with E-state index in [0.29, 0.717) is 46.1 Å². The fourth-order valence-corrected chi connectivity index (χ4v) is 4.28. The highest BCUT2D eigenvalue weighted by Gasteiger charge is 2.22. The molecule has 3 aromatic rings. The molecule has 2 N–H and O–H groups in total. The van der Waals surface area contributed by atoms with Crippen LogP contribution in [0.4, 0.5) is 0 Å². The van der Waals surface area contributed by atoms with E-state index < -0.39 is 10.8 Å². The maximum absolute atomic E-state index is 12.8. The number of nitrogens with one attached hydrogen (secondary N) is 2. The van der Waals surface area contributed by atoms with Crippen LogP contribution >= 0.6 is 11.6 Å². The van der Waals surface area contributed by atoms with Crippen LogP contribution in [0.15, 0.2) is 29.6 Å². The molecule has 0 spiro atoms. The van der Waals surface area contributed by atoms with Crippen molar-refractivity contribution in [2.24, 2.45) is 0 Å². The van der Waals surface area contributed by atoms with Gasteiger partial charge < -0.3 is 19.8 Å². The molecule has 0 aliphatic carbocycles. The van der Waals surface area contributed by atoms with Crippen molar-refractivity contribution in [1.29, 1.82) is 0 Å². The van der Waals surface area contributed by atoms with Crippen LogP contribution in [0.1, 0.15) is 17.4 Å². The molecular weight excluding hydrogens is 390 g/mol. The number of fused-ring (bicyclic) bond motifs is 1. The largest absolute Gasteiger partial charge is 0.481 e. The lowest BCUT2D eigenvalue weighted by atomic mass is 10.1. The minimum atomic E-state index is -1.45. The van der Waals surface area contributed by atoms with Crippen molar-refractivity contribution in [3.63, 3.8) is 0 Å². The number of aromatic nitrogens is 4. The van der Waals surface area contributed by atoms with Crippen LogP contribution in [0.5, 0.6) is 5.88 Å². The van der Waals surface area contributed by atoms with Crippen LogP contribution in [-0.4, -0.2) is 51.0 Å². The molecule has 142 valence electrons. The first-order valence-electron chi connectivity index (χ1n) is 8.40. The number of pyridine rings is 2. The lowest BCUT2D eigenvalue weighted by molar-refractivity contribution is 0.0277. The van der Waals surface area contributed by atoms with Gasteiger partial charge in [0.15, 0.2) is 10.8 Å². The van der Waals surface area contributed by atoms with Crippen LogP contribution in [0.3, 0.4) is 0 Å². The molecule has 0 saturated carbocycles. The molecule has 10 heteroatoms. The normalized spacial score (nSPS) is 18.5. The summed E-state index contributed by atoms with van der Waals surface area (Å²) in [7, 11) is 0.0839. The van der Waals surface area contributed by atoms with E-state index in [9.17, 15) is 4.21 Å². The average molecular weight is 408 g/mol. The van der Waals surface area contributed by atoms with Gasteiger partial charge in [0.25, 0.3) is 0 Å². The Morgan fingerprint density at radius 1 is 1.37 bits per heavy atom. The molecule has 2 atom stereocenters. The van der Waals surface area contributed by atoms with Crippen molar-refractivity contribution in [2.45, 2.75) is 17.0 Å². The predicted molar refractivity (Wildman–Crippen MR) is 101 cm³/mol. The van der Waals surface area contributed by atoms with Crippen LogP contribution in [-0.2, 0) is 21.3 Å². The van der Waals surface area contributed by atoms with E-state index in [1.165, 1.54) is 7.11 Å². The highest BCUT2D eigenvalue weighted by Crippen LogP contribution is 2.29. The summed E-state index contributed by atoms with van der Waals surface area (Å²) in [5, 5.41) is 4.08. The zero-order valence-electron chi connectivity index (χ0n) is 14.6. The summed E-state index contributed by atoms with van der Waals surface area (Å²) in [5.41, 5.74) is 2.54. The molecule has 2 unspecified atom stereocenters. The third kappa shape index (κ3) is 3.81. The third-order valence-electron chi connectivity index (χ3n) is 4.26. The van der Waals surface area contributed by atoms with E-state index in [2.05, 4.69) is 25.3 Å². The van der Waals surface area contributed by atoms with E-state index >= 15 is 0 Å². The number of imidazole rings is 1. The van der Waals surface area contributed by atoms with Gasteiger partial charge in [-0.2, -0.15) is 4.98 Å². The number of morpholine rings is 1. The average Bonchev–Trinajstić information content (AvgIpc) is 3.13. The number of aromatic amines is 1. The molecule has 0 bridgehead atoms. The van der Waals surface area contributed by atoms with Crippen molar-refractivity contribution in [1.82, 2.24) is 25.3 Å². The number of ether oxygens (including phenoxy) is 2. The number of H-pyrrole nitrogens is 1. The minimum Gasteiger partial charge on any atom is -0.481 e. The van der Waals surface area contributed by atoms with Gasteiger partial charge in [-0.25, -0.2) is 4.98 Å². The van der Waals surface area contributed by atoms with Crippen LogP contribution in [0.2, 0.25) is 5.02 Å². The smallest absolute Gasteiger partial charge is 0.215 e. The first-order valence-corrected chi connectivity index (χ1v) is 10.1. The van der Waals surface area contributed by atoms with Crippen molar-refractivity contribution >= 4 is 33.6 Å². The molecule has 0 aromatic carbocycles. The molecule has 4 rings (SSSR count). The monoisotopic (exact) mass is 407 g/mol. The minimum absolute atomic E-state index is 0.135. The van der Waals surface area contributed by atoms with Gasteiger partial charge in [-0.1, -0.05) is 11.6 Å². The summed E-state index contributed by atoms with van der Waals surface area (Å²) >= 11 is 6.53. The zero-order valence-corrected chi connectivity index (χ0v) is 16.1. The van der Waals surface area contributed by atoms with E-state index in [4.69, 9.17) is 21.1 Å². The van der Waals surface area contributed by atoms with Crippen LogP contribution in [0.25, 0.3) is 11.2 Å². The molecule has 1 aliphatic heterocycles. The van der Waals surface area contributed by atoms with Gasteiger partial charge in [0.05, 0.1) is 52.6 Å². The highest BCUT2D eigenvalue weighted by molar-refractivity contribution is 7.84. The molecule has 27 heavy (non-hydrogen) atoms. The summed E-state index contributed by atoms with van der Waals surface area (Å²) in [5.74, 6) is 0.592. The molecule has 1 fully saturated rings. The SMILES string of the molecule is COc1ccc2[nH]c(S(=O)Cc3nccc(C4CNCCO4)c3Cl)nc2n1. The summed E-state index contributed by atoms with van der Waals surface area (Å²) in [6.45, 7) is 2.13. The Hall–Kier alpha value is -2.07. The van der Waals surface area contributed by atoms with Crippen LogP contribution < -0.4 is 10.1 Å². The lowest BCUT2D eigenvalue weighted by Gasteiger charge is -2.25. The summed E-state index contributed by atoms with van der Waals surface area (Å²) in [6, 6.07) is 5.34. The number of hydrogen-bond donors (Lipinski definition) is 2. The van der Waals surface area contributed by atoms with Crippen molar-refractivity contribution in [2.75, 3.05) is 26.8 Å². The van der Waals surface area contributed by atoms with E-state index in [0.717, 1.165) is 12.1 Å². The second kappa shape index (κ2) is 7.89. The fourth-order valence-electron chi connectivity index (χ4n) is 2.89. The van der Waals surface area contributed by atoms with E-state index in [1.807, 2.05) is 6.07 Å². The topological polar surface area (TPSA) is 102 Å². The molecular formula is C17H18ClN5O3S. The van der Waals surface area contributed by atoms with Gasteiger partial charge in [0.2, 0.25) is 5.88 Å². The Kier molecular flexibility index (Phi) is 5.35. The molecule has 4 heterocycles. The summed E-state index contributed by atoms with van der Waals surface area (Å²) in [6.07, 6.45) is 1.53. The first kappa shape index (κ1) is 18.3. The van der Waals surface area contributed by atoms with Crippen LogP contribution in [0, 0.1) is 0 Å². The van der Waals surface area contributed by atoms with E-state index in [-0.39, 0.29) is 11.9 Å². The van der Waals surface area contributed by atoms with Crippen molar-refractivity contribution in [3.05, 3.63) is 40.7 Å². The van der Waals surface area contributed by atoms with Gasteiger partial charge in [0, 0.05) is 30.9 Å². The number of methoxy groups -OCH3 is 1. The maximum atomic E-state index is 12.8. The quantitative estimate of drug-likeness (QED) is 0.666. The Bertz CT molecular complexity index is 990. The van der Waals surface area contributed by atoms with Gasteiger partial charge in [-0.3, -0.25) is 9.19 Å². The zero-order chi connectivity index (χ0) is 18.8. The molecule has 1 aliphatic rings. The van der Waals surface area contributed by atoms with Gasteiger partial charge in [0.1, 0.15) is 0 Å². The third-order valence-corrected chi connectivity index (χ3v) is 5.85. The van der Waals surface area contributed by atoms with E-state index in [1.54, 1.807) is 18.3 Å². The maximum Gasteiger partial charge on any atom is 0.215 e.